The van der Waals surface area contributed by atoms with Gasteiger partial charge in [0.1, 0.15) is 0 Å². The van der Waals surface area contributed by atoms with Crippen LogP contribution in [-0.2, 0) is 4.74 Å². The first-order chi connectivity index (χ1) is 6.49. The zero-order valence-corrected chi connectivity index (χ0v) is 7.89. The van der Waals surface area contributed by atoms with Crippen molar-refractivity contribution >= 4 is 0 Å². The van der Waals surface area contributed by atoms with Crippen molar-refractivity contribution in [1.29, 1.82) is 0 Å². The fraction of sp³-hybridized carbons (Fsp3) is 1.00. The van der Waals surface area contributed by atoms with E-state index >= 15 is 0 Å². The summed E-state index contributed by atoms with van der Waals surface area (Å²) in [6.45, 7) is 1.10. The van der Waals surface area contributed by atoms with Gasteiger partial charge in [0.25, 0.3) is 0 Å². The van der Waals surface area contributed by atoms with Crippen LogP contribution in [-0.4, -0.2) is 30.6 Å². The molecule has 1 aliphatic heterocycles. The molecule has 1 unspecified atom stereocenters. The maximum Gasteiger partial charge on any atom is 0.389 e. The molecule has 1 heterocycles. The first-order valence-electron chi connectivity index (χ1n) is 4.81. The van der Waals surface area contributed by atoms with E-state index in [1.54, 1.807) is 0 Å². The number of aliphatic hydroxyl groups excluding tert-OH is 1. The van der Waals surface area contributed by atoms with Crippen LogP contribution in [0.3, 0.4) is 0 Å². The minimum Gasteiger partial charge on any atom is -0.393 e. The van der Waals surface area contributed by atoms with Crippen molar-refractivity contribution in [2.24, 2.45) is 5.92 Å². The highest BCUT2D eigenvalue weighted by molar-refractivity contribution is 4.72. The van der Waals surface area contributed by atoms with Crippen LogP contribution in [0.1, 0.15) is 25.7 Å². The van der Waals surface area contributed by atoms with E-state index < -0.39 is 18.7 Å². The highest BCUT2D eigenvalue weighted by Crippen LogP contribution is 2.27. The number of aliphatic hydroxyl groups is 1. The van der Waals surface area contributed by atoms with E-state index in [1.165, 1.54) is 0 Å². The smallest absolute Gasteiger partial charge is 0.389 e. The van der Waals surface area contributed by atoms with Crippen molar-refractivity contribution < 1.29 is 23.0 Å². The second-order valence-corrected chi connectivity index (χ2v) is 3.67. The van der Waals surface area contributed by atoms with E-state index in [9.17, 15) is 18.3 Å². The zero-order chi connectivity index (χ0) is 10.6. The Hall–Kier alpha value is -0.290. The summed E-state index contributed by atoms with van der Waals surface area (Å²) < 4.78 is 40.6. The van der Waals surface area contributed by atoms with E-state index in [0.29, 0.717) is 26.1 Å². The SMILES string of the molecule is OC(CCC(F)(F)F)C1CCOCC1. The van der Waals surface area contributed by atoms with Crippen LogP contribution in [0, 0.1) is 5.92 Å². The predicted molar refractivity (Wildman–Crippen MR) is 44.8 cm³/mol. The Kier molecular flexibility index (Phi) is 4.19. The van der Waals surface area contributed by atoms with Gasteiger partial charge < -0.3 is 9.84 Å². The van der Waals surface area contributed by atoms with Crippen molar-refractivity contribution in [2.45, 2.75) is 38.0 Å². The molecule has 0 aliphatic carbocycles. The monoisotopic (exact) mass is 212 g/mol. The summed E-state index contributed by atoms with van der Waals surface area (Å²) >= 11 is 0. The summed E-state index contributed by atoms with van der Waals surface area (Å²) in [4.78, 5) is 0. The topological polar surface area (TPSA) is 29.5 Å². The van der Waals surface area contributed by atoms with Gasteiger partial charge in [-0.15, -0.1) is 0 Å². The molecule has 0 aromatic heterocycles. The fourth-order valence-corrected chi connectivity index (χ4v) is 1.65. The Bertz CT molecular complexity index is 164. The molecule has 0 radical (unpaired) electrons. The van der Waals surface area contributed by atoms with Crippen LogP contribution in [0.2, 0.25) is 0 Å². The van der Waals surface area contributed by atoms with Crippen LogP contribution >= 0.6 is 0 Å². The normalized spacial score (nSPS) is 22.3. The van der Waals surface area contributed by atoms with Gasteiger partial charge in [-0.1, -0.05) is 0 Å². The zero-order valence-electron chi connectivity index (χ0n) is 7.89. The molecule has 14 heavy (non-hydrogen) atoms. The van der Waals surface area contributed by atoms with Crippen LogP contribution in [0.15, 0.2) is 0 Å². The Morgan fingerprint density at radius 3 is 2.36 bits per heavy atom. The first kappa shape index (κ1) is 11.8. The Morgan fingerprint density at radius 2 is 1.86 bits per heavy atom. The third kappa shape index (κ3) is 4.28. The van der Waals surface area contributed by atoms with E-state index in [4.69, 9.17) is 4.74 Å². The first-order valence-corrected chi connectivity index (χ1v) is 4.81. The molecule has 0 amide bonds. The lowest BCUT2D eigenvalue weighted by atomic mass is 9.91. The Balaban J connectivity index is 2.23. The van der Waals surface area contributed by atoms with Crippen LogP contribution in [0.5, 0.6) is 0 Å². The molecule has 0 bridgehead atoms. The molecule has 0 spiro atoms. The molecular weight excluding hydrogens is 197 g/mol. The number of hydrogen-bond acceptors (Lipinski definition) is 2. The minimum absolute atomic E-state index is 0.0221. The lowest BCUT2D eigenvalue weighted by Crippen LogP contribution is -2.28. The van der Waals surface area contributed by atoms with Crippen molar-refractivity contribution in [3.05, 3.63) is 0 Å². The molecule has 1 atom stereocenters. The van der Waals surface area contributed by atoms with Gasteiger partial charge in [0.2, 0.25) is 0 Å². The third-order valence-corrected chi connectivity index (χ3v) is 2.53. The molecule has 1 fully saturated rings. The van der Waals surface area contributed by atoms with E-state index in [0.717, 1.165) is 0 Å². The highest BCUT2D eigenvalue weighted by atomic mass is 19.4. The van der Waals surface area contributed by atoms with Crippen molar-refractivity contribution in [3.8, 4) is 0 Å². The van der Waals surface area contributed by atoms with Gasteiger partial charge in [0.15, 0.2) is 0 Å². The molecule has 84 valence electrons. The Morgan fingerprint density at radius 1 is 1.29 bits per heavy atom. The average Bonchev–Trinajstić information content (AvgIpc) is 2.14. The van der Waals surface area contributed by atoms with E-state index in [-0.39, 0.29) is 12.3 Å². The van der Waals surface area contributed by atoms with Crippen LogP contribution in [0.25, 0.3) is 0 Å². The number of halogens is 3. The molecule has 5 heteroatoms. The number of alkyl halides is 3. The molecular formula is C9H15F3O2. The summed E-state index contributed by atoms with van der Waals surface area (Å²) in [5.41, 5.74) is 0. The summed E-state index contributed by atoms with van der Waals surface area (Å²) in [6, 6.07) is 0. The van der Waals surface area contributed by atoms with E-state index in [2.05, 4.69) is 0 Å². The number of rotatable bonds is 3. The molecule has 1 rings (SSSR count). The van der Waals surface area contributed by atoms with Crippen LogP contribution < -0.4 is 0 Å². The van der Waals surface area contributed by atoms with Crippen molar-refractivity contribution in [3.63, 3.8) is 0 Å². The molecule has 1 saturated heterocycles. The summed E-state index contributed by atoms with van der Waals surface area (Å²) in [7, 11) is 0. The molecule has 2 nitrogen and oxygen atoms in total. The van der Waals surface area contributed by atoms with Crippen molar-refractivity contribution in [2.75, 3.05) is 13.2 Å². The van der Waals surface area contributed by atoms with Gasteiger partial charge >= 0.3 is 6.18 Å². The maximum atomic E-state index is 11.8. The lowest BCUT2D eigenvalue weighted by Gasteiger charge is -2.26. The molecule has 1 N–H and O–H groups in total. The summed E-state index contributed by atoms with van der Waals surface area (Å²) in [5.74, 6) is -0.0221. The fourth-order valence-electron chi connectivity index (χ4n) is 1.65. The molecule has 0 saturated carbocycles. The maximum absolute atomic E-state index is 11.8. The minimum atomic E-state index is -4.16. The van der Waals surface area contributed by atoms with Gasteiger partial charge in [0, 0.05) is 19.6 Å². The lowest BCUT2D eigenvalue weighted by molar-refractivity contribution is -0.142. The van der Waals surface area contributed by atoms with E-state index in [1.807, 2.05) is 0 Å². The average molecular weight is 212 g/mol. The Labute approximate surface area is 81.1 Å². The largest absolute Gasteiger partial charge is 0.393 e. The quantitative estimate of drug-likeness (QED) is 0.776. The standard InChI is InChI=1S/C9H15F3O2/c10-9(11,12)4-1-8(13)7-2-5-14-6-3-7/h7-8,13H,1-6H2. The second kappa shape index (κ2) is 4.98. The van der Waals surface area contributed by atoms with Gasteiger partial charge in [-0.25, -0.2) is 0 Å². The summed E-state index contributed by atoms with van der Waals surface area (Å²) in [5, 5.41) is 9.48. The molecule has 0 aromatic carbocycles. The van der Waals surface area contributed by atoms with Gasteiger partial charge in [-0.05, 0) is 25.2 Å². The predicted octanol–water partition coefficient (Wildman–Crippen LogP) is 2.12. The van der Waals surface area contributed by atoms with Crippen molar-refractivity contribution in [1.82, 2.24) is 0 Å². The third-order valence-electron chi connectivity index (χ3n) is 2.53. The van der Waals surface area contributed by atoms with Gasteiger partial charge in [-0.2, -0.15) is 13.2 Å². The van der Waals surface area contributed by atoms with Gasteiger partial charge in [-0.3, -0.25) is 0 Å². The number of ether oxygens (including phenoxy) is 1. The highest BCUT2D eigenvalue weighted by Gasteiger charge is 2.30. The van der Waals surface area contributed by atoms with Gasteiger partial charge in [0.05, 0.1) is 6.10 Å². The second-order valence-electron chi connectivity index (χ2n) is 3.67. The number of hydrogen-bond donors (Lipinski definition) is 1. The molecule has 0 aromatic rings. The molecule has 1 aliphatic rings. The summed E-state index contributed by atoms with van der Waals surface area (Å²) in [6.07, 6.45) is -4.75. The van der Waals surface area contributed by atoms with Crippen LogP contribution in [0.4, 0.5) is 13.2 Å².